The number of hydrogen-bond acceptors (Lipinski definition) is 2. The van der Waals surface area contributed by atoms with Gasteiger partial charge in [-0.2, -0.15) is 0 Å². The van der Waals surface area contributed by atoms with Crippen molar-refractivity contribution in [1.82, 2.24) is 0 Å². The van der Waals surface area contributed by atoms with Crippen molar-refractivity contribution in [1.29, 1.82) is 0 Å². The molecule has 0 radical (unpaired) electrons. The average Bonchev–Trinajstić information content (AvgIpc) is 2.46. The summed E-state index contributed by atoms with van der Waals surface area (Å²) in [6, 6.07) is 14.7. The van der Waals surface area contributed by atoms with E-state index in [0.29, 0.717) is 5.56 Å². The van der Waals surface area contributed by atoms with Crippen LogP contribution in [-0.4, -0.2) is 12.9 Å². The molecular weight excluding hydrogens is 236 g/mol. The summed E-state index contributed by atoms with van der Waals surface area (Å²) in [5.41, 5.74) is 2.53. The Labute approximate surface area is 113 Å². The molecule has 0 saturated heterocycles. The molecule has 0 spiro atoms. The van der Waals surface area contributed by atoms with Crippen LogP contribution in [0.1, 0.15) is 21.5 Å². The number of ketones is 1. The van der Waals surface area contributed by atoms with E-state index in [1.54, 1.807) is 19.2 Å². The van der Waals surface area contributed by atoms with Crippen molar-refractivity contribution in [3.8, 4) is 17.6 Å². The van der Waals surface area contributed by atoms with Crippen LogP contribution in [-0.2, 0) is 0 Å². The summed E-state index contributed by atoms with van der Waals surface area (Å²) in [6.45, 7) is 1.98. The number of aryl methyl sites for hydroxylation is 1. The third-order valence-electron chi connectivity index (χ3n) is 2.72. The fraction of sp³-hybridized carbons (Fsp3) is 0.118. The molecule has 0 heterocycles. The maximum absolute atomic E-state index is 11.9. The molecule has 0 atom stereocenters. The van der Waals surface area contributed by atoms with Crippen LogP contribution in [0, 0.1) is 18.8 Å². The number of carbonyl (C=O) groups is 1. The molecule has 2 aromatic rings. The normalized spacial score (nSPS) is 9.37. The zero-order valence-corrected chi connectivity index (χ0v) is 10.9. The molecule has 0 saturated carbocycles. The fourth-order valence-corrected chi connectivity index (χ4v) is 1.58. The third kappa shape index (κ3) is 3.46. The Balaban J connectivity index is 2.14. The molecule has 2 rings (SSSR count). The highest BCUT2D eigenvalue weighted by Gasteiger charge is 2.00. The van der Waals surface area contributed by atoms with Crippen LogP contribution in [0.2, 0.25) is 0 Å². The minimum atomic E-state index is -0.171. The summed E-state index contributed by atoms with van der Waals surface area (Å²) in [7, 11) is 1.61. The number of methoxy groups -OCH3 is 1. The molecule has 0 aliphatic carbocycles. The van der Waals surface area contributed by atoms with Gasteiger partial charge >= 0.3 is 0 Å². The highest BCUT2D eigenvalue weighted by Crippen LogP contribution is 2.10. The molecule has 0 unspecified atom stereocenters. The summed E-state index contributed by atoms with van der Waals surface area (Å²) < 4.78 is 5.06. The van der Waals surface area contributed by atoms with Gasteiger partial charge in [-0.05, 0) is 37.1 Å². The molecule has 0 aromatic heterocycles. The van der Waals surface area contributed by atoms with Gasteiger partial charge in [-0.1, -0.05) is 35.7 Å². The third-order valence-corrected chi connectivity index (χ3v) is 2.72. The van der Waals surface area contributed by atoms with Crippen molar-refractivity contribution in [2.45, 2.75) is 6.92 Å². The van der Waals surface area contributed by atoms with E-state index in [0.717, 1.165) is 16.9 Å². The summed E-state index contributed by atoms with van der Waals surface area (Å²) in [5.74, 6) is 6.10. The standard InChI is InChI=1S/C17H14O2/c1-13-3-8-15(9-4-13)17(18)12-7-14-5-10-16(19-2)11-6-14/h3-6,8-11H,1-2H3. The predicted molar refractivity (Wildman–Crippen MR) is 75.4 cm³/mol. The van der Waals surface area contributed by atoms with Crippen LogP contribution in [0.25, 0.3) is 0 Å². The molecule has 2 nitrogen and oxygen atoms in total. The summed E-state index contributed by atoms with van der Waals surface area (Å²) in [6.07, 6.45) is 0. The van der Waals surface area contributed by atoms with E-state index in [9.17, 15) is 4.79 Å². The first kappa shape index (κ1) is 12.9. The molecule has 2 aromatic carbocycles. The van der Waals surface area contributed by atoms with Gasteiger partial charge in [0, 0.05) is 11.1 Å². The van der Waals surface area contributed by atoms with E-state index >= 15 is 0 Å². The molecule has 0 aliphatic heterocycles. The number of rotatable bonds is 2. The Bertz CT molecular complexity index is 626. The van der Waals surface area contributed by atoms with Crippen LogP contribution in [0.4, 0.5) is 0 Å². The van der Waals surface area contributed by atoms with Crippen molar-refractivity contribution in [2.24, 2.45) is 0 Å². The molecule has 0 aliphatic rings. The first-order chi connectivity index (χ1) is 9.19. The van der Waals surface area contributed by atoms with Gasteiger partial charge < -0.3 is 4.74 Å². The first-order valence-electron chi connectivity index (χ1n) is 5.96. The van der Waals surface area contributed by atoms with Gasteiger partial charge in [-0.25, -0.2) is 0 Å². The van der Waals surface area contributed by atoms with Gasteiger partial charge in [0.15, 0.2) is 0 Å². The molecular formula is C17H14O2. The molecule has 0 fully saturated rings. The first-order valence-corrected chi connectivity index (χ1v) is 5.96. The molecule has 0 amide bonds. The Kier molecular flexibility index (Phi) is 4.00. The molecule has 94 valence electrons. The van der Waals surface area contributed by atoms with Crippen LogP contribution in [0.5, 0.6) is 5.75 Å². The quantitative estimate of drug-likeness (QED) is 0.604. The predicted octanol–water partition coefficient (Wildman–Crippen LogP) is 3.24. The zero-order valence-electron chi connectivity index (χ0n) is 10.9. The fourth-order valence-electron chi connectivity index (χ4n) is 1.58. The van der Waals surface area contributed by atoms with Crippen LogP contribution >= 0.6 is 0 Å². The zero-order chi connectivity index (χ0) is 13.7. The number of carbonyl (C=O) groups excluding carboxylic acids is 1. The number of ether oxygens (including phenoxy) is 1. The van der Waals surface area contributed by atoms with E-state index in [2.05, 4.69) is 11.8 Å². The monoisotopic (exact) mass is 250 g/mol. The molecule has 0 N–H and O–H groups in total. The highest BCUT2D eigenvalue weighted by atomic mass is 16.5. The molecule has 2 heteroatoms. The van der Waals surface area contributed by atoms with Gasteiger partial charge in [0.1, 0.15) is 5.75 Å². The smallest absolute Gasteiger partial charge is 0.236 e. The lowest BCUT2D eigenvalue weighted by Gasteiger charge is -1.97. The summed E-state index contributed by atoms with van der Waals surface area (Å²) >= 11 is 0. The lowest BCUT2D eigenvalue weighted by Crippen LogP contribution is -1.94. The maximum atomic E-state index is 11.9. The second-order valence-electron chi connectivity index (χ2n) is 4.17. The topological polar surface area (TPSA) is 26.3 Å². The van der Waals surface area contributed by atoms with E-state index in [1.165, 1.54) is 0 Å². The van der Waals surface area contributed by atoms with Crippen LogP contribution in [0.15, 0.2) is 48.5 Å². The Hall–Kier alpha value is -2.53. The Morgan fingerprint density at radius 1 is 1.00 bits per heavy atom. The van der Waals surface area contributed by atoms with Gasteiger partial charge in [-0.15, -0.1) is 0 Å². The van der Waals surface area contributed by atoms with E-state index < -0.39 is 0 Å². The second-order valence-corrected chi connectivity index (χ2v) is 4.17. The Morgan fingerprint density at radius 3 is 2.21 bits per heavy atom. The van der Waals surface area contributed by atoms with E-state index in [4.69, 9.17) is 4.74 Å². The largest absolute Gasteiger partial charge is 0.497 e. The van der Waals surface area contributed by atoms with Crippen molar-refractivity contribution < 1.29 is 9.53 Å². The Morgan fingerprint density at radius 2 is 1.63 bits per heavy atom. The minimum Gasteiger partial charge on any atom is -0.497 e. The van der Waals surface area contributed by atoms with Crippen molar-refractivity contribution in [3.05, 3.63) is 65.2 Å². The maximum Gasteiger partial charge on any atom is 0.236 e. The molecule has 0 bridgehead atoms. The summed E-state index contributed by atoms with van der Waals surface area (Å²) in [4.78, 5) is 11.9. The van der Waals surface area contributed by atoms with Crippen molar-refractivity contribution in [3.63, 3.8) is 0 Å². The van der Waals surface area contributed by atoms with Gasteiger partial charge in [0.2, 0.25) is 5.78 Å². The highest BCUT2D eigenvalue weighted by molar-refractivity contribution is 6.09. The minimum absolute atomic E-state index is 0.171. The lowest BCUT2D eigenvalue weighted by atomic mass is 10.1. The van der Waals surface area contributed by atoms with Crippen LogP contribution in [0.3, 0.4) is 0 Å². The summed E-state index contributed by atoms with van der Waals surface area (Å²) in [5, 5.41) is 0. The van der Waals surface area contributed by atoms with Gasteiger partial charge in [-0.3, -0.25) is 4.79 Å². The molecule has 19 heavy (non-hydrogen) atoms. The SMILES string of the molecule is COc1ccc(C#CC(=O)c2ccc(C)cc2)cc1. The number of Topliss-reactive ketones (excluding diaryl/α,β-unsaturated/α-hetero) is 1. The van der Waals surface area contributed by atoms with E-state index in [1.807, 2.05) is 43.3 Å². The number of benzene rings is 2. The van der Waals surface area contributed by atoms with Crippen molar-refractivity contribution >= 4 is 5.78 Å². The average molecular weight is 250 g/mol. The second kappa shape index (κ2) is 5.88. The number of hydrogen-bond donors (Lipinski definition) is 0. The van der Waals surface area contributed by atoms with Crippen LogP contribution < -0.4 is 4.74 Å². The van der Waals surface area contributed by atoms with Gasteiger partial charge in [0.05, 0.1) is 7.11 Å². The lowest BCUT2D eigenvalue weighted by molar-refractivity contribution is 0.105. The van der Waals surface area contributed by atoms with Gasteiger partial charge in [0.25, 0.3) is 0 Å². The van der Waals surface area contributed by atoms with Crippen molar-refractivity contribution in [2.75, 3.05) is 7.11 Å². The van der Waals surface area contributed by atoms with E-state index in [-0.39, 0.29) is 5.78 Å².